The summed E-state index contributed by atoms with van der Waals surface area (Å²) in [5.41, 5.74) is -0.543. The number of para-hydroxylation sites is 1. The molecule has 0 spiro atoms. The highest BCUT2D eigenvalue weighted by molar-refractivity contribution is 6.08. The molecule has 168 valence electrons. The number of ether oxygens (including phenoxy) is 1. The van der Waals surface area contributed by atoms with E-state index < -0.39 is 5.54 Å². The van der Waals surface area contributed by atoms with E-state index in [9.17, 15) is 9.59 Å². The summed E-state index contributed by atoms with van der Waals surface area (Å²) in [5.74, 6) is 1.76. The van der Waals surface area contributed by atoms with Crippen LogP contribution in [0.1, 0.15) is 51.9 Å². The topological polar surface area (TPSA) is 85.7 Å². The Balaban J connectivity index is 1.27. The quantitative estimate of drug-likeness (QED) is 0.636. The lowest BCUT2D eigenvalue weighted by Gasteiger charge is -2.34. The van der Waals surface area contributed by atoms with Gasteiger partial charge in [0.05, 0.1) is 0 Å². The second-order valence-electron chi connectivity index (χ2n) is 9.16. The Labute approximate surface area is 184 Å². The average Bonchev–Trinajstić information content (AvgIpc) is 3.62. The highest BCUT2D eigenvalue weighted by atomic mass is 16.5. The molecule has 0 radical (unpaired) electrons. The van der Waals surface area contributed by atoms with Crippen LogP contribution in [-0.2, 0) is 9.59 Å². The van der Waals surface area contributed by atoms with Crippen LogP contribution in [0.2, 0.25) is 0 Å². The first-order valence-electron chi connectivity index (χ1n) is 11.7. The molecule has 7 heteroatoms. The second-order valence-corrected chi connectivity index (χ2v) is 9.16. The molecule has 7 nitrogen and oxygen atoms in total. The molecule has 2 N–H and O–H groups in total. The maximum atomic E-state index is 13.3. The minimum absolute atomic E-state index is 0.00118. The Morgan fingerprint density at radius 2 is 1.90 bits per heavy atom. The molecule has 1 unspecified atom stereocenters. The van der Waals surface area contributed by atoms with E-state index >= 15 is 0 Å². The van der Waals surface area contributed by atoms with Crippen molar-refractivity contribution in [3.63, 3.8) is 0 Å². The maximum absolute atomic E-state index is 13.3. The third-order valence-corrected chi connectivity index (χ3v) is 6.95. The SMILES string of the molecule is CCCCC1(C2CC2)NC(=N)N(CC2CCN(C(=O)COc3ccccc3)CC2)C1=O. The average molecular weight is 427 g/mol. The van der Waals surface area contributed by atoms with Gasteiger partial charge in [0.25, 0.3) is 11.8 Å². The normalized spacial score (nSPS) is 24.4. The van der Waals surface area contributed by atoms with Crippen molar-refractivity contribution in [1.82, 2.24) is 15.1 Å². The van der Waals surface area contributed by atoms with Crippen molar-refractivity contribution < 1.29 is 14.3 Å². The lowest BCUT2D eigenvalue weighted by Crippen LogP contribution is -2.49. The van der Waals surface area contributed by atoms with Crippen LogP contribution in [0.3, 0.4) is 0 Å². The molecule has 0 bridgehead atoms. The number of nitrogens with zero attached hydrogens (tertiary/aromatic N) is 2. The first-order valence-corrected chi connectivity index (χ1v) is 11.7. The predicted molar refractivity (Wildman–Crippen MR) is 119 cm³/mol. The fourth-order valence-corrected chi connectivity index (χ4v) is 4.91. The highest BCUT2D eigenvalue weighted by Gasteiger charge is 2.57. The van der Waals surface area contributed by atoms with E-state index in [1.54, 1.807) is 4.90 Å². The van der Waals surface area contributed by atoms with Gasteiger partial charge in [0.15, 0.2) is 12.6 Å². The molecule has 1 aromatic carbocycles. The van der Waals surface area contributed by atoms with Crippen LogP contribution in [0.15, 0.2) is 30.3 Å². The maximum Gasteiger partial charge on any atom is 0.260 e. The predicted octanol–water partition coefficient (Wildman–Crippen LogP) is 3.01. The van der Waals surface area contributed by atoms with Crippen molar-refractivity contribution in [2.75, 3.05) is 26.2 Å². The van der Waals surface area contributed by atoms with Crippen LogP contribution in [0.25, 0.3) is 0 Å². The number of hydrogen-bond donors (Lipinski definition) is 2. The number of guanidine groups is 1. The number of rotatable bonds is 9. The summed E-state index contributed by atoms with van der Waals surface area (Å²) in [6.45, 7) is 4.12. The Kier molecular flexibility index (Phi) is 6.49. The number of unbranched alkanes of at least 4 members (excludes halogenated alkanes) is 1. The van der Waals surface area contributed by atoms with E-state index in [2.05, 4.69) is 12.2 Å². The van der Waals surface area contributed by atoms with Crippen LogP contribution >= 0.6 is 0 Å². The molecule has 0 aromatic heterocycles. The molecule has 1 aromatic rings. The van der Waals surface area contributed by atoms with Crippen molar-refractivity contribution >= 4 is 17.8 Å². The van der Waals surface area contributed by atoms with Gasteiger partial charge in [-0.05, 0) is 56.1 Å². The molecule has 1 atom stereocenters. The smallest absolute Gasteiger partial charge is 0.260 e. The molecular formula is C24H34N4O3. The fourth-order valence-electron chi connectivity index (χ4n) is 4.91. The lowest BCUT2D eigenvalue weighted by molar-refractivity contribution is -0.136. The summed E-state index contributed by atoms with van der Waals surface area (Å²) in [6, 6.07) is 9.38. The molecule has 2 heterocycles. The molecule has 2 aliphatic heterocycles. The third-order valence-electron chi connectivity index (χ3n) is 6.95. The standard InChI is InChI=1S/C24H34N4O3/c1-2-3-13-24(19-9-10-19)22(30)28(23(25)26-24)16-18-11-14-27(15-12-18)21(29)17-31-20-7-5-4-6-8-20/h4-8,18-19H,2-3,9-17H2,1H3,(H2,25,26). The summed E-state index contributed by atoms with van der Waals surface area (Å²) in [7, 11) is 0. The van der Waals surface area contributed by atoms with E-state index in [4.69, 9.17) is 10.1 Å². The van der Waals surface area contributed by atoms with Crippen molar-refractivity contribution in [2.24, 2.45) is 11.8 Å². The number of hydrogen-bond acceptors (Lipinski definition) is 4. The summed E-state index contributed by atoms with van der Waals surface area (Å²) in [6.07, 6.45) is 6.72. The van der Waals surface area contributed by atoms with Gasteiger partial charge < -0.3 is 15.0 Å². The molecular weight excluding hydrogens is 392 g/mol. The van der Waals surface area contributed by atoms with E-state index in [1.807, 2.05) is 35.2 Å². The number of carbonyl (C=O) groups is 2. The van der Waals surface area contributed by atoms with Gasteiger partial charge in [-0.1, -0.05) is 38.0 Å². The van der Waals surface area contributed by atoms with Gasteiger partial charge in [-0.2, -0.15) is 0 Å². The van der Waals surface area contributed by atoms with E-state index in [1.165, 1.54) is 0 Å². The number of piperidine rings is 1. The summed E-state index contributed by atoms with van der Waals surface area (Å²) < 4.78 is 5.59. The van der Waals surface area contributed by atoms with E-state index in [0.29, 0.717) is 37.2 Å². The van der Waals surface area contributed by atoms with Crippen molar-refractivity contribution in [2.45, 2.75) is 57.4 Å². The molecule has 1 saturated carbocycles. The van der Waals surface area contributed by atoms with Gasteiger partial charge in [0, 0.05) is 19.6 Å². The zero-order valence-electron chi connectivity index (χ0n) is 18.4. The zero-order valence-corrected chi connectivity index (χ0v) is 18.4. The minimum Gasteiger partial charge on any atom is -0.484 e. The van der Waals surface area contributed by atoms with Crippen LogP contribution in [0, 0.1) is 17.2 Å². The zero-order chi connectivity index (χ0) is 21.8. The largest absolute Gasteiger partial charge is 0.484 e. The highest BCUT2D eigenvalue weighted by Crippen LogP contribution is 2.45. The molecule has 3 fully saturated rings. The Morgan fingerprint density at radius 3 is 2.55 bits per heavy atom. The number of nitrogens with one attached hydrogen (secondary N) is 2. The van der Waals surface area contributed by atoms with Crippen LogP contribution in [0.5, 0.6) is 5.75 Å². The van der Waals surface area contributed by atoms with Crippen LogP contribution < -0.4 is 10.1 Å². The molecule has 2 saturated heterocycles. The summed E-state index contributed by atoms with van der Waals surface area (Å²) in [4.78, 5) is 29.3. The van der Waals surface area contributed by atoms with Crippen LogP contribution in [-0.4, -0.2) is 59.4 Å². The Bertz CT molecular complexity index is 802. The first-order chi connectivity index (χ1) is 15.0. The van der Waals surface area contributed by atoms with Gasteiger partial charge in [-0.25, -0.2) is 0 Å². The summed E-state index contributed by atoms with van der Waals surface area (Å²) >= 11 is 0. The number of amides is 2. The Morgan fingerprint density at radius 1 is 1.19 bits per heavy atom. The van der Waals surface area contributed by atoms with Gasteiger partial charge in [0.1, 0.15) is 11.3 Å². The minimum atomic E-state index is -0.543. The summed E-state index contributed by atoms with van der Waals surface area (Å²) in [5, 5.41) is 11.7. The molecule has 2 amide bonds. The van der Waals surface area contributed by atoms with Crippen molar-refractivity contribution in [1.29, 1.82) is 5.41 Å². The third kappa shape index (κ3) is 4.70. The second kappa shape index (κ2) is 9.28. The van der Waals surface area contributed by atoms with E-state index in [-0.39, 0.29) is 24.4 Å². The Hall–Kier alpha value is -2.57. The first kappa shape index (κ1) is 21.7. The van der Waals surface area contributed by atoms with Gasteiger partial charge >= 0.3 is 0 Å². The van der Waals surface area contributed by atoms with Gasteiger partial charge in [-0.3, -0.25) is 19.9 Å². The van der Waals surface area contributed by atoms with Crippen molar-refractivity contribution in [3.05, 3.63) is 30.3 Å². The molecule has 31 heavy (non-hydrogen) atoms. The number of likely N-dealkylation sites (tertiary alicyclic amines) is 1. The van der Waals surface area contributed by atoms with Crippen molar-refractivity contribution in [3.8, 4) is 5.75 Å². The van der Waals surface area contributed by atoms with Crippen LogP contribution in [0.4, 0.5) is 0 Å². The molecule has 4 rings (SSSR count). The molecule has 3 aliphatic rings. The number of carbonyl (C=O) groups excluding carboxylic acids is 2. The monoisotopic (exact) mass is 426 g/mol. The van der Waals surface area contributed by atoms with E-state index in [0.717, 1.165) is 44.9 Å². The lowest BCUT2D eigenvalue weighted by atomic mass is 9.87. The molecule has 1 aliphatic carbocycles. The van der Waals surface area contributed by atoms with Gasteiger partial charge in [0.2, 0.25) is 0 Å². The van der Waals surface area contributed by atoms with Gasteiger partial charge in [-0.15, -0.1) is 0 Å². The number of benzene rings is 1. The fraction of sp³-hybridized carbons (Fsp3) is 0.625.